The molecular formula is C15H25N3. The van der Waals surface area contributed by atoms with Crippen LogP contribution >= 0.6 is 0 Å². The second-order valence-corrected chi connectivity index (χ2v) is 5.49. The highest BCUT2D eigenvalue weighted by molar-refractivity contribution is 5.08. The van der Waals surface area contributed by atoms with Gasteiger partial charge in [0.15, 0.2) is 0 Å². The predicted molar refractivity (Wildman–Crippen MR) is 75.6 cm³/mol. The number of nitrogens with zero attached hydrogens (tertiary/aromatic N) is 2. The minimum atomic E-state index is 0.635. The summed E-state index contributed by atoms with van der Waals surface area (Å²) in [5.41, 5.74) is 1.32. The van der Waals surface area contributed by atoms with Gasteiger partial charge in [0, 0.05) is 18.4 Å². The zero-order chi connectivity index (χ0) is 12.8. The van der Waals surface area contributed by atoms with E-state index in [1.165, 1.54) is 31.5 Å². The van der Waals surface area contributed by atoms with E-state index in [0.717, 1.165) is 18.9 Å². The zero-order valence-electron chi connectivity index (χ0n) is 11.6. The van der Waals surface area contributed by atoms with Gasteiger partial charge in [-0.25, -0.2) is 0 Å². The molecule has 1 aliphatic rings. The molecule has 1 aromatic heterocycles. The number of nitrogens with one attached hydrogen (secondary N) is 1. The molecule has 2 heterocycles. The van der Waals surface area contributed by atoms with E-state index in [4.69, 9.17) is 0 Å². The molecule has 0 saturated carbocycles. The maximum atomic E-state index is 4.15. The summed E-state index contributed by atoms with van der Waals surface area (Å²) in [4.78, 5) is 6.58. The van der Waals surface area contributed by atoms with E-state index in [1.807, 2.05) is 18.5 Å². The molecule has 1 fully saturated rings. The van der Waals surface area contributed by atoms with E-state index in [9.17, 15) is 0 Å². The van der Waals surface area contributed by atoms with Crippen molar-refractivity contribution in [3.05, 3.63) is 30.1 Å². The highest BCUT2D eigenvalue weighted by Gasteiger charge is 2.21. The van der Waals surface area contributed by atoms with Crippen LogP contribution in [0.15, 0.2) is 24.5 Å². The normalized spacial score (nSPS) is 19.9. The Morgan fingerprint density at radius 1 is 1.44 bits per heavy atom. The number of hydrogen-bond acceptors (Lipinski definition) is 3. The van der Waals surface area contributed by atoms with Crippen LogP contribution in [0.4, 0.5) is 0 Å². The molecule has 0 aliphatic carbocycles. The van der Waals surface area contributed by atoms with Gasteiger partial charge in [0.2, 0.25) is 0 Å². The summed E-state index contributed by atoms with van der Waals surface area (Å²) in [5.74, 6) is 0.843. The lowest BCUT2D eigenvalue weighted by Gasteiger charge is -2.33. The summed E-state index contributed by atoms with van der Waals surface area (Å²) in [6.07, 6.45) is 7.53. The Morgan fingerprint density at radius 2 is 2.22 bits per heavy atom. The Balaban J connectivity index is 1.67. The Kier molecular flexibility index (Phi) is 5.14. The molecule has 0 aromatic carbocycles. The van der Waals surface area contributed by atoms with Crippen LogP contribution in [0, 0.1) is 5.92 Å². The Bertz CT molecular complexity index is 331. The Hall–Kier alpha value is -0.930. The van der Waals surface area contributed by atoms with Crippen molar-refractivity contribution >= 4 is 0 Å². The summed E-state index contributed by atoms with van der Waals surface area (Å²) in [5, 5.41) is 3.67. The van der Waals surface area contributed by atoms with Crippen molar-refractivity contribution in [3.8, 4) is 0 Å². The molecule has 0 spiro atoms. The van der Waals surface area contributed by atoms with Gasteiger partial charge in [0.05, 0.1) is 0 Å². The summed E-state index contributed by atoms with van der Waals surface area (Å²) in [6, 6.07) is 4.79. The predicted octanol–water partition coefficient (Wildman–Crippen LogP) is 1.94. The van der Waals surface area contributed by atoms with Crippen LogP contribution in [-0.4, -0.2) is 42.6 Å². The first-order valence-corrected chi connectivity index (χ1v) is 7.06. The molecule has 1 atom stereocenters. The zero-order valence-corrected chi connectivity index (χ0v) is 11.6. The minimum absolute atomic E-state index is 0.635. The lowest BCUT2D eigenvalue weighted by Crippen LogP contribution is -2.41. The van der Waals surface area contributed by atoms with Gasteiger partial charge in [-0.05, 0) is 70.4 Å². The van der Waals surface area contributed by atoms with Crippen molar-refractivity contribution in [2.45, 2.75) is 32.2 Å². The summed E-state index contributed by atoms with van der Waals surface area (Å²) in [6.45, 7) is 5.89. The SMILES string of the molecule is CC(NCCc1cccnc1)C1CCN(C)CC1. The number of likely N-dealkylation sites (tertiary alicyclic amines) is 1. The maximum Gasteiger partial charge on any atom is 0.0300 e. The molecule has 18 heavy (non-hydrogen) atoms. The molecule has 3 nitrogen and oxygen atoms in total. The minimum Gasteiger partial charge on any atom is -0.314 e. The van der Waals surface area contributed by atoms with Gasteiger partial charge in [-0.2, -0.15) is 0 Å². The van der Waals surface area contributed by atoms with Gasteiger partial charge in [0.25, 0.3) is 0 Å². The molecule has 2 rings (SSSR count). The van der Waals surface area contributed by atoms with E-state index in [1.54, 1.807) is 0 Å². The second kappa shape index (κ2) is 6.86. The third-order valence-corrected chi connectivity index (χ3v) is 4.07. The fourth-order valence-corrected chi connectivity index (χ4v) is 2.69. The van der Waals surface area contributed by atoms with Crippen molar-refractivity contribution < 1.29 is 0 Å². The summed E-state index contributed by atoms with van der Waals surface area (Å²) < 4.78 is 0. The Labute approximate surface area is 111 Å². The molecule has 1 saturated heterocycles. The molecule has 1 unspecified atom stereocenters. The van der Waals surface area contributed by atoms with Gasteiger partial charge in [-0.15, -0.1) is 0 Å². The van der Waals surface area contributed by atoms with Crippen molar-refractivity contribution in [1.82, 2.24) is 15.2 Å². The molecule has 100 valence electrons. The monoisotopic (exact) mass is 247 g/mol. The van der Waals surface area contributed by atoms with Crippen LogP contribution in [0.1, 0.15) is 25.3 Å². The van der Waals surface area contributed by atoms with E-state index >= 15 is 0 Å². The highest BCUT2D eigenvalue weighted by atomic mass is 15.1. The van der Waals surface area contributed by atoms with Crippen molar-refractivity contribution in [1.29, 1.82) is 0 Å². The number of hydrogen-bond donors (Lipinski definition) is 1. The first-order chi connectivity index (χ1) is 8.75. The number of pyridine rings is 1. The summed E-state index contributed by atoms with van der Waals surface area (Å²) in [7, 11) is 2.22. The first kappa shape index (κ1) is 13.5. The van der Waals surface area contributed by atoms with Crippen molar-refractivity contribution in [2.24, 2.45) is 5.92 Å². The Morgan fingerprint density at radius 3 is 2.89 bits per heavy atom. The molecule has 0 bridgehead atoms. The van der Waals surface area contributed by atoms with Crippen LogP contribution in [0.5, 0.6) is 0 Å². The number of rotatable bonds is 5. The lowest BCUT2D eigenvalue weighted by atomic mass is 9.90. The van der Waals surface area contributed by atoms with Gasteiger partial charge >= 0.3 is 0 Å². The average molecular weight is 247 g/mol. The van der Waals surface area contributed by atoms with Crippen LogP contribution in [0.25, 0.3) is 0 Å². The van der Waals surface area contributed by atoms with E-state index in [2.05, 4.69) is 35.2 Å². The molecule has 0 amide bonds. The first-order valence-electron chi connectivity index (χ1n) is 7.06. The van der Waals surface area contributed by atoms with Crippen LogP contribution in [-0.2, 0) is 6.42 Å². The number of piperidine rings is 1. The largest absolute Gasteiger partial charge is 0.314 e. The lowest BCUT2D eigenvalue weighted by molar-refractivity contribution is 0.190. The van der Waals surface area contributed by atoms with Gasteiger partial charge in [-0.3, -0.25) is 4.98 Å². The van der Waals surface area contributed by atoms with Crippen molar-refractivity contribution in [3.63, 3.8) is 0 Å². The highest BCUT2D eigenvalue weighted by Crippen LogP contribution is 2.19. The number of aromatic nitrogens is 1. The second-order valence-electron chi connectivity index (χ2n) is 5.49. The fourth-order valence-electron chi connectivity index (χ4n) is 2.69. The van der Waals surface area contributed by atoms with Gasteiger partial charge in [-0.1, -0.05) is 6.07 Å². The smallest absolute Gasteiger partial charge is 0.0300 e. The molecular weight excluding hydrogens is 222 g/mol. The molecule has 1 N–H and O–H groups in total. The fraction of sp³-hybridized carbons (Fsp3) is 0.667. The topological polar surface area (TPSA) is 28.2 Å². The van der Waals surface area contributed by atoms with E-state index in [-0.39, 0.29) is 0 Å². The average Bonchev–Trinajstić information content (AvgIpc) is 2.40. The van der Waals surface area contributed by atoms with Crippen LogP contribution in [0.2, 0.25) is 0 Å². The van der Waals surface area contributed by atoms with E-state index < -0.39 is 0 Å². The quantitative estimate of drug-likeness (QED) is 0.862. The van der Waals surface area contributed by atoms with Crippen LogP contribution < -0.4 is 5.32 Å². The molecule has 1 aromatic rings. The summed E-state index contributed by atoms with van der Waals surface area (Å²) >= 11 is 0. The molecule has 3 heteroatoms. The van der Waals surface area contributed by atoms with Gasteiger partial charge < -0.3 is 10.2 Å². The third-order valence-electron chi connectivity index (χ3n) is 4.07. The standard InChI is InChI=1S/C15H25N3/c1-13(15-6-10-18(2)11-7-15)17-9-5-14-4-3-8-16-12-14/h3-4,8,12-13,15,17H,5-7,9-11H2,1-2H3. The van der Waals surface area contributed by atoms with Crippen LogP contribution in [0.3, 0.4) is 0 Å². The third kappa shape index (κ3) is 4.07. The molecule has 0 radical (unpaired) electrons. The van der Waals surface area contributed by atoms with Gasteiger partial charge in [0.1, 0.15) is 0 Å². The van der Waals surface area contributed by atoms with Crippen molar-refractivity contribution in [2.75, 3.05) is 26.7 Å². The maximum absolute atomic E-state index is 4.15. The van der Waals surface area contributed by atoms with E-state index in [0.29, 0.717) is 6.04 Å². The molecule has 1 aliphatic heterocycles.